The molecule has 1 N–H and O–H groups in total. The SMILES string of the molecule is CNC(=O)CN(C)S(=O)(=O)c1ccc(Cl)c(Br)c1. The monoisotopic (exact) mass is 354 g/mol. The van der Waals surface area contributed by atoms with Crippen LogP contribution in [0.25, 0.3) is 0 Å². The van der Waals surface area contributed by atoms with Gasteiger partial charge in [-0.1, -0.05) is 11.6 Å². The molecule has 0 aliphatic carbocycles. The van der Waals surface area contributed by atoms with Gasteiger partial charge in [-0.3, -0.25) is 4.79 Å². The Morgan fingerprint density at radius 3 is 2.61 bits per heavy atom. The highest BCUT2D eigenvalue weighted by Gasteiger charge is 2.23. The van der Waals surface area contributed by atoms with E-state index in [9.17, 15) is 13.2 Å². The summed E-state index contributed by atoms with van der Waals surface area (Å²) in [7, 11) is -0.913. The summed E-state index contributed by atoms with van der Waals surface area (Å²) in [4.78, 5) is 11.2. The van der Waals surface area contributed by atoms with Crippen LogP contribution >= 0.6 is 27.5 Å². The normalized spacial score (nSPS) is 11.6. The molecule has 0 aromatic heterocycles. The van der Waals surface area contributed by atoms with Gasteiger partial charge in [0.25, 0.3) is 0 Å². The van der Waals surface area contributed by atoms with E-state index in [0.717, 1.165) is 4.31 Å². The number of nitrogens with zero attached hydrogens (tertiary/aromatic N) is 1. The quantitative estimate of drug-likeness (QED) is 0.889. The predicted octanol–water partition coefficient (Wildman–Crippen LogP) is 1.47. The van der Waals surface area contributed by atoms with Crippen LogP contribution in [0.2, 0.25) is 5.02 Å². The highest BCUT2D eigenvalue weighted by atomic mass is 79.9. The number of halogens is 2. The van der Waals surface area contributed by atoms with E-state index < -0.39 is 10.0 Å². The van der Waals surface area contributed by atoms with Crippen molar-refractivity contribution in [1.82, 2.24) is 9.62 Å². The highest BCUT2D eigenvalue weighted by molar-refractivity contribution is 9.10. The molecule has 1 amide bonds. The Labute approximate surface area is 119 Å². The summed E-state index contributed by atoms with van der Waals surface area (Å²) >= 11 is 8.96. The second kappa shape index (κ2) is 6.01. The van der Waals surface area contributed by atoms with Gasteiger partial charge >= 0.3 is 0 Å². The fourth-order valence-corrected chi connectivity index (χ4v) is 2.99. The minimum atomic E-state index is -3.70. The molecule has 0 aliphatic rings. The van der Waals surface area contributed by atoms with Gasteiger partial charge in [-0.2, -0.15) is 4.31 Å². The molecule has 18 heavy (non-hydrogen) atoms. The van der Waals surface area contributed by atoms with E-state index >= 15 is 0 Å². The topological polar surface area (TPSA) is 66.5 Å². The lowest BCUT2D eigenvalue weighted by Gasteiger charge is -2.16. The highest BCUT2D eigenvalue weighted by Crippen LogP contribution is 2.26. The lowest BCUT2D eigenvalue weighted by molar-refractivity contribution is -0.120. The molecule has 0 aliphatic heterocycles. The Hall–Kier alpha value is -0.630. The molecule has 0 unspecified atom stereocenters. The first-order valence-electron chi connectivity index (χ1n) is 4.91. The zero-order valence-electron chi connectivity index (χ0n) is 9.78. The van der Waals surface area contributed by atoms with Gasteiger partial charge < -0.3 is 5.32 Å². The van der Waals surface area contributed by atoms with Crippen molar-refractivity contribution < 1.29 is 13.2 Å². The van der Waals surface area contributed by atoms with Crippen LogP contribution in [0.5, 0.6) is 0 Å². The predicted molar refractivity (Wildman–Crippen MR) is 73.0 cm³/mol. The third-order valence-corrected chi connectivity index (χ3v) is 5.26. The number of rotatable bonds is 4. The third kappa shape index (κ3) is 3.44. The zero-order valence-corrected chi connectivity index (χ0v) is 12.9. The van der Waals surface area contributed by atoms with Gasteiger partial charge in [0.15, 0.2) is 0 Å². The van der Waals surface area contributed by atoms with Crippen molar-refractivity contribution in [2.45, 2.75) is 4.90 Å². The molecule has 8 heteroatoms. The molecule has 0 atom stereocenters. The second-order valence-corrected chi connectivity index (χ2v) is 6.82. The van der Waals surface area contributed by atoms with E-state index in [0.29, 0.717) is 9.50 Å². The summed E-state index contributed by atoms with van der Waals surface area (Å²) in [5, 5.41) is 2.78. The second-order valence-electron chi connectivity index (χ2n) is 3.51. The van der Waals surface area contributed by atoms with E-state index in [1.807, 2.05) is 0 Å². The van der Waals surface area contributed by atoms with E-state index in [1.165, 1.54) is 32.3 Å². The van der Waals surface area contributed by atoms with Crippen LogP contribution in [0.1, 0.15) is 0 Å². The van der Waals surface area contributed by atoms with E-state index in [2.05, 4.69) is 21.2 Å². The van der Waals surface area contributed by atoms with Crippen LogP contribution in [0.4, 0.5) is 0 Å². The smallest absolute Gasteiger partial charge is 0.243 e. The molecule has 5 nitrogen and oxygen atoms in total. The fraction of sp³-hybridized carbons (Fsp3) is 0.300. The zero-order chi connectivity index (χ0) is 13.9. The standard InChI is InChI=1S/C10H12BrClN2O3S/c1-13-10(15)6-14(2)18(16,17)7-3-4-9(12)8(11)5-7/h3-5H,6H2,1-2H3,(H,13,15). The van der Waals surface area contributed by atoms with Crippen molar-refractivity contribution in [2.75, 3.05) is 20.6 Å². The number of carbonyl (C=O) groups is 1. The third-order valence-electron chi connectivity index (χ3n) is 2.24. The van der Waals surface area contributed by atoms with Crippen LogP contribution in [0, 0.1) is 0 Å². The summed E-state index contributed by atoms with van der Waals surface area (Å²) < 4.78 is 25.7. The number of likely N-dealkylation sites (N-methyl/N-ethyl adjacent to an activating group) is 2. The van der Waals surface area contributed by atoms with Crippen LogP contribution in [0.3, 0.4) is 0 Å². The fourth-order valence-electron chi connectivity index (χ4n) is 1.18. The average molecular weight is 356 g/mol. The molecule has 1 rings (SSSR count). The number of amides is 1. The van der Waals surface area contributed by atoms with E-state index in [4.69, 9.17) is 11.6 Å². The minimum absolute atomic E-state index is 0.0742. The summed E-state index contributed by atoms with van der Waals surface area (Å²) in [5.74, 6) is -0.380. The Balaban J connectivity index is 3.05. The van der Waals surface area contributed by atoms with E-state index in [1.54, 1.807) is 0 Å². The summed E-state index contributed by atoms with van der Waals surface area (Å²) in [6, 6.07) is 4.27. The molecular weight excluding hydrogens is 344 g/mol. The molecule has 100 valence electrons. The van der Waals surface area contributed by atoms with Crippen molar-refractivity contribution >= 4 is 43.5 Å². The molecule has 0 saturated carbocycles. The lowest BCUT2D eigenvalue weighted by atomic mass is 10.4. The molecule has 1 aromatic rings. The molecule has 0 bridgehead atoms. The van der Waals surface area contributed by atoms with Gasteiger partial charge in [0, 0.05) is 18.6 Å². The molecular formula is C10H12BrClN2O3S. The van der Waals surface area contributed by atoms with Gasteiger partial charge in [-0.25, -0.2) is 8.42 Å². The van der Waals surface area contributed by atoms with Crippen molar-refractivity contribution in [3.8, 4) is 0 Å². The summed E-state index contributed by atoms with van der Waals surface area (Å²) in [6.07, 6.45) is 0. The summed E-state index contributed by atoms with van der Waals surface area (Å²) in [6.45, 7) is -0.237. The number of hydrogen-bond donors (Lipinski definition) is 1. The van der Waals surface area contributed by atoms with Crippen molar-refractivity contribution in [2.24, 2.45) is 0 Å². The maximum atomic E-state index is 12.1. The average Bonchev–Trinajstić information content (AvgIpc) is 2.32. The van der Waals surface area contributed by atoms with Crippen LogP contribution in [0.15, 0.2) is 27.6 Å². The first kappa shape index (κ1) is 15.4. The molecule has 0 saturated heterocycles. The Morgan fingerprint density at radius 1 is 1.50 bits per heavy atom. The first-order valence-corrected chi connectivity index (χ1v) is 7.52. The number of nitrogens with one attached hydrogen (secondary N) is 1. The van der Waals surface area contributed by atoms with Gasteiger partial charge in [-0.15, -0.1) is 0 Å². The number of hydrogen-bond acceptors (Lipinski definition) is 3. The lowest BCUT2D eigenvalue weighted by Crippen LogP contribution is -2.36. The molecule has 0 spiro atoms. The minimum Gasteiger partial charge on any atom is -0.358 e. The van der Waals surface area contributed by atoms with Crippen LogP contribution < -0.4 is 5.32 Å². The van der Waals surface area contributed by atoms with Gasteiger partial charge in [0.05, 0.1) is 16.5 Å². The molecule has 0 radical (unpaired) electrons. The number of carbonyl (C=O) groups excluding carboxylic acids is 1. The van der Waals surface area contributed by atoms with Gasteiger partial charge in [-0.05, 0) is 34.1 Å². The Kier molecular flexibility index (Phi) is 5.15. The maximum absolute atomic E-state index is 12.1. The molecule has 0 heterocycles. The van der Waals surface area contributed by atoms with Crippen molar-refractivity contribution in [1.29, 1.82) is 0 Å². The Bertz CT molecular complexity index is 562. The number of benzene rings is 1. The van der Waals surface area contributed by atoms with Crippen LogP contribution in [-0.2, 0) is 14.8 Å². The molecule has 0 fully saturated rings. The molecule has 1 aromatic carbocycles. The van der Waals surface area contributed by atoms with Crippen molar-refractivity contribution in [3.05, 3.63) is 27.7 Å². The van der Waals surface area contributed by atoms with E-state index in [-0.39, 0.29) is 17.3 Å². The maximum Gasteiger partial charge on any atom is 0.243 e. The Morgan fingerprint density at radius 2 is 2.11 bits per heavy atom. The summed E-state index contributed by atoms with van der Waals surface area (Å²) in [5.41, 5.74) is 0. The van der Waals surface area contributed by atoms with Crippen molar-refractivity contribution in [3.63, 3.8) is 0 Å². The van der Waals surface area contributed by atoms with Gasteiger partial charge in [0.2, 0.25) is 15.9 Å². The van der Waals surface area contributed by atoms with Crippen LogP contribution in [-0.4, -0.2) is 39.3 Å². The number of sulfonamides is 1. The van der Waals surface area contributed by atoms with Gasteiger partial charge in [0.1, 0.15) is 0 Å². The first-order chi connectivity index (χ1) is 8.28. The largest absolute Gasteiger partial charge is 0.358 e.